The van der Waals surface area contributed by atoms with Crippen molar-refractivity contribution >= 4 is 23.1 Å². The quantitative estimate of drug-likeness (QED) is 0.118. The fourth-order valence-corrected chi connectivity index (χ4v) is 5.82. The van der Waals surface area contributed by atoms with Gasteiger partial charge in [-0.1, -0.05) is 30.3 Å². The number of carbonyl (C=O) groups excluding carboxylic acids is 1. The molecule has 240 valence electrons. The number of aromatic hydroxyl groups is 1. The molecule has 1 aliphatic rings. The van der Waals surface area contributed by atoms with Gasteiger partial charge < -0.3 is 24.2 Å². The maximum Gasteiger partial charge on any atom is 0.339 e. The monoisotopic (exact) mass is 623 g/mol. The number of fused-ring (bicyclic) bond motifs is 1. The first-order valence-electron chi connectivity index (χ1n) is 15.3. The minimum Gasteiger partial charge on any atom is -0.507 e. The highest BCUT2D eigenvalue weighted by atomic mass is 16.6. The summed E-state index contributed by atoms with van der Waals surface area (Å²) in [5, 5.41) is 15.6. The lowest BCUT2D eigenvalue weighted by Crippen LogP contribution is -2.45. The number of carbonyl (C=O) groups is 1. The van der Waals surface area contributed by atoms with Crippen molar-refractivity contribution in [2.24, 2.45) is 0 Å². The van der Waals surface area contributed by atoms with Gasteiger partial charge in [0.2, 0.25) is 0 Å². The van der Waals surface area contributed by atoms with Crippen molar-refractivity contribution in [3.63, 3.8) is 0 Å². The summed E-state index contributed by atoms with van der Waals surface area (Å²) in [4.78, 5) is 24.0. The number of hydrogen-bond acceptors (Lipinski definition) is 8. The highest BCUT2D eigenvalue weighted by molar-refractivity contribution is 5.81. The zero-order valence-corrected chi connectivity index (χ0v) is 27.3. The Morgan fingerprint density at radius 1 is 1.17 bits per heavy atom. The lowest BCUT2D eigenvalue weighted by atomic mass is 9.92. The van der Waals surface area contributed by atoms with Gasteiger partial charge in [-0.25, -0.2) is 14.6 Å². The SMILES string of the molecule is [C-]#[N+]c1ccc(O)c(-c2cccc(-c3cc4nc(C)c([C@H](OC(C)(C)C)C(=O)OC)c(N5CCC(C)(OCC=C)CC5)n4n3)c2)c1. The molecule has 0 amide bonds. The van der Waals surface area contributed by atoms with E-state index in [4.69, 9.17) is 30.9 Å². The van der Waals surface area contributed by atoms with Gasteiger partial charge in [0.05, 0.1) is 42.7 Å². The number of piperidine rings is 1. The summed E-state index contributed by atoms with van der Waals surface area (Å²) >= 11 is 0. The van der Waals surface area contributed by atoms with E-state index in [1.54, 1.807) is 22.7 Å². The van der Waals surface area contributed by atoms with E-state index in [0.717, 1.165) is 29.8 Å². The molecule has 2 aromatic heterocycles. The van der Waals surface area contributed by atoms with Crippen LogP contribution in [0.15, 0.2) is 61.2 Å². The Morgan fingerprint density at radius 3 is 2.54 bits per heavy atom. The molecule has 0 aliphatic carbocycles. The molecule has 0 saturated carbocycles. The number of nitrogens with zero attached hydrogens (tertiary/aromatic N) is 5. The smallest absolute Gasteiger partial charge is 0.339 e. The molecule has 1 saturated heterocycles. The molecule has 0 bridgehead atoms. The molecule has 0 radical (unpaired) electrons. The van der Waals surface area contributed by atoms with Crippen LogP contribution in [0.5, 0.6) is 5.75 Å². The third-order valence-electron chi connectivity index (χ3n) is 8.20. The standard InChI is InChI=1S/C36H41N5O5/c1-9-19-45-36(6)15-17-40(18-16-36)33-31(32(34(43)44-8)46-35(3,4)5)23(2)38-30-22-28(39-41(30)33)25-12-10-11-24(20-25)27-21-26(37-7)13-14-29(27)42/h9-14,20-22,32,42H,1,15-19H2,2-6,8H3/t32-/m0/s1. The molecule has 46 heavy (non-hydrogen) atoms. The first-order chi connectivity index (χ1) is 21.9. The second kappa shape index (κ2) is 12.9. The summed E-state index contributed by atoms with van der Waals surface area (Å²) in [6.07, 6.45) is 2.25. The Hall–Kier alpha value is -4.72. The van der Waals surface area contributed by atoms with Crippen molar-refractivity contribution in [3.8, 4) is 28.1 Å². The molecule has 2 aromatic carbocycles. The largest absolute Gasteiger partial charge is 0.507 e. The highest BCUT2D eigenvalue weighted by Crippen LogP contribution is 2.39. The van der Waals surface area contributed by atoms with Gasteiger partial charge >= 0.3 is 5.97 Å². The van der Waals surface area contributed by atoms with E-state index >= 15 is 0 Å². The Balaban J connectivity index is 1.66. The van der Waals surface area contributed by atoms with Crippen LogP contribution in [0, 0.1) is 13.5 Å². The van der Waals surface area contributed by atoms with E-state index in [0.29, 0.717) is 53.5 Å². The molecule has 1 N–H and O–H groups in total. The first kappa shape index (κ1) is 32.7. The van der Waals surface area contributed by atoms with E-state index in [1.165, 1.54) is 13.2 Å². The summed E-state index contributed by atoms with van der Waals surface area (Å²) in [6, 6.07) is 14.4. The number of esters is 1. The van der Waals surface area contributed by atoms with Crippen LogP contribution in [0.4, 0.5) is 11.5 Å². The maximum absolute atomic E-state index is 13.3. The van der Waals surface area contributed by atoms with Crippen molar-refractivity contribution in [3.05, 3.63) is 83.9 Å². The van der Waals surface area contributed by atoms with Crippen LogP contribution in [0.3, 0.4) is 0 Å². The number of benzene rings is 2. The number of phenols is 1. The van der Waals surface area contributed by atoms with Gasteiger partial charge in [0.15, 0.2) is 17.4 Å². The lowest BCUT2D eigenvalue weighted by Gasteiger charge is -2.41. The van der Waals surface area contributed by atoms with E-state index in [1.807, 2.05) is 58.0 Å². The molecular weight excluding hydrogens is 582 g/mol. The Labute approximate surface area is 270 Å². The average molecular weight is 624 g/mol. The predicted molar refractivity (Wildman–Crippen MR) is 178 cm³/mol. The van der Waals surface area contributed by atoms with Crippen molar-refractivity contribution in [2.75, 3.05) is 31.7 Å². The molecule has 5 rings (SSSR count). The van der Waals surface area contributed by atoms with Crippen LogP contribution in [-0.4, -0.2) is 63.7 Å². The lowest BCUT2D eigenvalue weighted by molar-refractivity contribution is -0.164. The number of aryl methyl sites for hydroxylation is 1. The number of methoxy groups -OCH3 is 1. The number of phenolic OH excluding ortho intramolecular Hbond substituents is 1. The topological polar surface area (TPSA) is 103 Å². The van der Waals surface area contributed by atoms with E-state index in [9.17, 15) is 9.90 Å². The summed E-state index contributed by atoms with van der Waals surface area (Å²) in [5.74, 6) is 0.293. The van der Waals surface area contributed by atoms with Gasteiger partial charge in [0, 0.05) is 36.0 Å². The van der Waals surface area contributed by atoms with Gasteiger partial charge in [0.1, 0.15) is 11.6 Å². The third kappa shape index (κ3) is 6.76. The van der Waals surface area contributed by atoms with Crippen LogP contribution in [-0.2, 0) is 19.0 Å². The molecule has 1 aliphatic heterocycles. The zero-order chi connectivity index (χ0) is 33.2. The summed E-state index contributed by atoms with van der Waals surface area (Å²) in [7, 11) is 1.36. The minimum absolute atomic E-state index is 0.0886. The number of rotatable bonds is 9. The number of aromatic nitrogens is 3. The van der Waals surface area contributed by atoms with Crippen molar-refractivity contribution < 1.29 is 24.1 Å². The van der Waals surface area contributed by atoms with Gasteiger partial charge in [-0.05, 0) is 71.2 Å². The molecule has 1 fully saturated rings. The maximum atomic E-state index is 13.3. The summed E-state index contributed by atoms with van der Waals surface area (Å²) < 4.78 is 19.5. The first-order valence-corrected chi connectivity index (χ1v) is 15.3. The molecule has 3 heterocycles. The van der Waals surface area contributed by atoms with Crippen LogP contribution in [0.2, 0.25) is 0 Å². The minimum atomic E-state index is -1.03. The fraction of sp³-hybridized carbons (Fsp3) is 0.389. The number of anilines is 1. The second-order valence-corrected chi connectivity index (χ2v) is 12.8. The van der Waals surface area contributed by atoms with Crippen LogP contribution >= 0.6 is 0 Å². The summed E-state index contributed by atoms with van der Waals surface area (Å²) in [6.45, 7) is 22.7. The molecule has 10 nitrogen and oxygen atoms in total. The molecule has 10 heteroatoms. The third-order valence-corrected chi connectivity index (χ3v) is 8.20. The van der Waals surface area contributed by atoms with E-state index in [2.05, 4.69) is 23.2 Å². The number of ether oxygens (including phenoxy) is 3. The average Bonchev–Trinajstić information content (AvgIpc) is 3.46. The van der Waals surface area contributed by atoms with Crippen LogP contribution in [0.25, 0.3) is 32.9 Å². The van der Waals surface area contributed by atoms with E-state index in [-0.39, 0.29) is 11.4 Å². The fourth-order valence-electron chi connectivity index (χ4n) is 5.82. The molecule has 0 unspecified atom stereocenters. The van der Waals surface area contributed by atoms with Crippen LogP contribution < -0.4 is 4.90 Å². The number of hydrogen-bond donors (Lipinski definition) is 1. The van der Waals surface area contributed by atoms with Crippen LogP contribution in [0.1, 0.15) is 57.9 Å². The second-order valence-electron chi connectivity index (χ2n) is 12.8. The molecule has 0 spiro atoms. The van der Waals surface area contributed by atoms with Crippen molar-refractivity contribution in [1.82, 2.24) is 14.6 Å². The summed E-state index contributed by atoms with van der Waals surface area (Å²) in [5.41, 5.74) is 4.12. The Bertz CT molecular complexity index is 1810. The van der Waals surface area contributed by atoms with Gasteiger partial charge in [-0.2, -0.15) is 9.61 Å². The Morgan fingerprint density at radius 2 is 1.89 bits per heavy atom. The van der Waals surface area contributed by atoms with E-state index < -0.39 is 17.7 Å². The normalized spacial score (nSPS) is 15.4. The Kier molecular flexibility index (Phi) is 9.20. The van der Waals surface area contributed by atoms with Gasteiger partial charge in [0.25, 0.3) is 0 Å². The van der Waals surface area contributed by atoms with Crippen molar-refractivity contribution in [2.45, 2.75) is 64.8 Å². The molecule has 1 atom stereocenters. The highest BCUT2D eigenvalue weighted by Gasteiger charge is 2.38. The predicted octanol–water partition coefficient (Wildman–Crippen LogP) is 7.22. The molecule has 4 aromatic rings. The van der Waals surface area contributed by atoms with Gasteiger partial charge in [-0.15, -0.1) is 6.58 Å². The zero-order valence-electron chi connectivity index (χ0n) is 27.3. The molecular formula is C36H41N5O5. The van der Waals surface area contributed by atoms with Crippen molar-refractivity contribution in [1.29, 1.82) is 0 Å². The van der Waals surface area contributed by atoms with Gasteiger partial charge in [-0.3, -0.25) is 0 Å².